The Hall–Kier alpha value is -4.19. The highest BCUT2D eigenvalue weighted by molar-refractivity contribution is 14.1. The van der Waals surface area contributed by atoms with Gasteiger partial charge < -0.3 is 14.8 Å². The first-order chi connectivity index (χ1) is 17.8. The van der Waals surface area contributed by atoms with E-state index in [0.29, 0.717) is 37.6 Å². The van der Waals surface area contributed by atoms with Crippen molar-refractivity contribution in [3.8, 4) is 11.5 Å². The van der Waals surface area contributed by atoms with Crippen LogP contribution in [0.2, 0.25) is 0 Å². The summed E-state index contributed by atoms with van der Waals surface area (Å²) in [4.78, 5) is 51.5. The maximum Gasteiger partial charge on any atom is 0.335 e. The van der Waals surface area contributed by atoms with Crippen LogP contribution in [0.15, 0.2) is 72.3 Å². The zero-order valence-electron chi connectivity index (χ0n) is 19.9. The summed E-state index contributed by atoms with van der Waals surface area (Å²) in [6.07, 6.45) is 1.38. The molecule has 0 aromatic heterocycles. The van der Waals surface area contributed by atoms with Gasteiger partial charge in [-0.15, -0.1) is 0 Å². The lowest BCUT2D eigenvalue weighted by Crippen LogP contribution is -2.54. The van der Waals surface area contributed by atoms with E-state index in [1.165, 1.54) is 13.2 Å². The molecule has 0 atom stereocenters. The molecule has 9 nitrogen and oxygen atoms in total. The topological polar surface area (TPSA) is 114 Å². The number of barbiturate groups is 1. The third-order valence-electron chi connectivity index (χ3n) is 5.43. The van der Waals surface area contributed by atoms with Crippen molar-refractivity contribution in [2.24, 2.45) is 0 Å². The number of hydrogen-bond donors (Lipinski definition) is 2. The van der Waals surface area contributed by atoms with Gasteiger partial charge in [-0.2, -0.15) is 0 Å². The van der Waals surface area contributed by atoms with Gasteiger partial charge in [-0.3, -0.25) is 19.7 Å². The number of amides is 5. The zero-order valence-corrected chi connectivity index (χ0v) is 22.1. The first-order valence-corrected chi connectivity index (χ1v) is 12.2. The number of para-hydroxylation sites is 2. The molecule has 3 aromatic rings. The van der Waals surface area contributed by atoms with Crippen LogP contribution in [-0.2, 0) is 14.4 Å². The van der Waals surface area contributed by atoms with Crippen LogP contribution in [0.1, 0.15) is 11.1 Å². The normalized spacial score (nSPS) is 14.4. The maximum absolute atomic E-state index is 13.2. The lowest BCUT2D eigenvalue weighted by molar-refractivity contribution is -0.122. The lowest BCUT2D eigenvalue weighted by atomic mass is 10.1. The van der Waals surface area contributed by atoms with Crippen molar-refractivity contribution in [2.45, 2.75) is 6.92 Å². The second kappa shape index (κ2) is 11.2. The van der Waals surface area contributed by atoms with Crippen LogP contribution in [0.25, 0.3) is 6.08 Å². The number of methoxy groups -OCH3 is 1. The summed E-state index contributed by atoms with van der Waals surface area (Å²) in [5, 5.41) is 4.96. The molecule has 0 spiro atoms. The van der Waals surface area contributed by atoms with Crippen LogP contribution in [0.5, 0.6) is 11.5 Å². The molecular formula is C27H22IN3O6. The number of aryl methyl sites for hydroxylation is 1. The standard InChI is InChI=1S/C27H22IN3O6/c1-16-8-6-7-11-21(16)31-26(34)19(25(33)30-27(31)35)12-17-13-20(28)24(22(14-17)36-2)37-15-23(32)29-18-9-4-3-5-10-18/h3-14H,15H2,1-2H3,(H,29,32)(H,30,33,35)/b19-12+. The van der Waals surface area contributed by atoms with Gasteiger partial charge in [-0.25, -0.2) is 9.69 Å². The van der Waals surface area contributed by atoms with Crippen molar-refractivity contribution >= 4 is 63.8 Å². The molecule has 0 unspecified atom stereocenters. The third-order valence-corrected chi connectivity index (χ3v) is 6.23. The molecule has 1 aliphatic rings. The van der Waals surface area contributed by atoms with Crippen LogP contribution in [0.3, 0.4) is 0 Å². The van der Waals surface area contributed by atoms with E-state index >= 15 is 0 Å². The summed E-state index contributed by atoms with van der Waals surface area (Å²) in [5.41, 5.74) is 1.99. The Labute approximate surface area is 226 Å². The molecule has 1 heterocycles. The minimum Gasteiger partial charge on any atom is -0.493 e. The van der Waals surface area contributed by atoms with Crippen LogP contribution in [0.4, 0.5) is 16.2 Å². The number of hydrogen-bond acceptors (Lipinski definition) is 6. The fraction of sp³-hybridized carbons (Fsp3) is 0.111. The van der Waals surface area contributed by atoms with E-state index in [4.69, 9.17) is 9.47 Å². The smallest absolute Gasteiger partial charge is 0.335 e. The van der Waals surface area contributed by atoms with E-state index in [1.54, 1.807) is 55.5 Å². The summed E-state index contributed by atoms with van der Waals surface area (Å²) in [5.74, 6) is -1.24. The zero-order chi connectivity index (χ0) is 26.5. The van der Waals surface area contributed by atoms with Gasteiger partial charge in [0.25, 0.3) is 17.7 Å². The van der Waals surface area contributed by atoms with Crippen molar-refractivity contribution < 1.29 is 28.7 Å². The number of carbonyl (C=O) groups is 4. The number of rotatable bonds is 7. The summed E-state index contributed by atoms with van der Waals surface area (Å²) in [7, 11) is 1.44. The summed E-state index contributed by atoms with van der Waals surface area (Å²) >= 11 is 2.02. The number of imide groups is 2. The van der Waals surface area contributed by atoms with Gasteiger partial charge in [-0.05, 0) is 77.0 Å². The number of nitrogens with one attached hydrogen (secondary N) is 2. The Bertz CT molecular complexity index is 1420. The van der Waals surface area contributed by atoms with Crippen LogP contribution in [0, 0.1) is 10.5 Å². The SMILES string of the molecule is COc1cc(/C=C2\C(=O)NC(=O)N(c3ccccc3C)C2=O)cc(I)c1OCC(=O)Nc1ccccc1. The molecule has 2 N–H and O–H groups in total. The first-order valence-electron chi connectivity index (χ1n) is 11.1. The molecule has 0 bridgehead atoms. The lowest BCUT2D eigenvalue weighted by Gasteiger charge is -2.27. The monoisotopic (exact) mass is 611 g/mol. The Morgan fingerprint density at radius 3 is 2.46 bits per heavy atom. The molecule has 1 fully saturated rings. The molecule has 0 radical (unpaired) electrons. The van der Waals surface area contributed by atoms with Gasteiger partial charge in [-0.1, -0.05) is 36.4 Å². The van der Waals surface area contributed by atoms with E-state index in [-0.39, 0.29) is 18.1 Å². The fourth-order valence-electron chi connectivity index (χ4n) is 3.68. The minimum absolute atomic E-state index is 0.211. The molecular weight excluding hydrogens is 589 g/mol. The Balaban J connectivity index is 1.58. The molecule has 188 valence electrons. The van der Waals surface area contributed by atoms with E-state index in [0.717, 1.165) is 4.90 Å². The molecule has 37 heavy (non-hydrogen) atoms. The van der Waals surface area contributed by atoms with Gasteiger partial charge >= 0.3 is 6.03 Å². The molecule has 5 amide bonds. The summed E-state index contributed by atoms with van der Waals surface area (Å²) in [6.45, 7) is 1.51. The average Bonchev–Trinajstić information content (AvgIpc) is 2.87. The molecule has 3 aromatic carbocycles. The second-order valence-electron chi connectivity index (χ2n) is 7.98. The molecule has 1 saturated heterocycles. The maximum atomic E-state index is 13.2. The van der Waals surface area contributed by atoms with Crippen molar-refractivity contribution in [3.63, 3.8) is 0 Å². The highest BCUT2D eigenvalue weighted by Gasteiger charge is 2.37. The largest absolute Gasteiger partial charge is 0.493 e. The number of carbonyl (C=O) groups excluding carboxylic acids is 4. The van der Waals surface area contributed by atoms with Crippen molar-refractivity contribution in [2.75, 3.05) is 23.9 Å². The number of halogens is 1. The minimum atomic E-state index is -0.814. The second-order valence-corrected chi connectivity index (χ2v) is 9.14. The quantitative estimate of drug-likeness (QED) is 0.234. The Kier molecular flexibility index (Phi) is 7.87. The summed E-state index contributed by atoms with van der Waals surface area (Å²) in [6, 6.07) is 18.3. The average molecular weight is 611 g/mol. The number of ether oxygens (including phenoxy) is 2. The third kappa shape index (κ3) is 5.80. The van der Waals surface area contributed by atoms with Gasteiger partial charge in [0.1, 0.15) is 5.57 Å². The van der Waals surface area contributed by atoms with E-state index < -0.39 is 17.8 Å². The molecule has 0 saturated carbocycles. The van der Waals surface area contributed by atoms with E-state index in [9.17, 15) is 19.2 Å². The molecule has 4 rings (SSSR count). The number of anilines is 2. The van der Waals surface area contributed by atoms with Crippen LogP contribution >= 0.6 is 22.6 Å². The van der Waals surface area contributed by atoms with E-state index in [1.807, 2.05) is 40.8 Å². The highest BCUT2D eigenvalue weighted by Crippen LogP contribution is 2.35. The number of nitrogens with zero attached hydrogens (tertiary/aromatic N) is 1. The van der Waals surface area contributed by atoms with E-state index in [2.05, 4.69) is 10.6 Å². The van der Waals surface area contributed by atoms with Gasteiger partial charge in [0.05, 0.1) is 16.4 Å². The summed E-state index contributed by atoms with van der Waals surface area (Å²) < 4.78 is 11.8. The predicted molar refractivity (Wildman–Crippen MR) is 146 cm³/mol. The number of benzene rings is 3. The van der Waals surface area contributed by atoms with Crippen LogP contribution in [-0.4, -0.2) is 37.5 Å². The highest BCUT2D eigenvalue weighted by atomic mass is 127. The molecule has 0 aliphatic carbocycles. The number of urea groups is 1. The molecule has 1 aliphatic heterocycles. The van der Waals surface area contributed by atoms with Gasteiger partial charge in [0, 0.05) is 5.69 Å². The van der Waals surface area contributed by atoms with Gasteiger partial charge in [0.15, 0.2) is 18.1 Å². The van der Waals surface area contributed by atoms with Crippen LogP contribution < -0.4 is 25.0 Å². The van der Waals surface area contributed by atoms with Crippen molar-refractivity contribution in [1.82, 2.24) is 5.32 Å². The Morgan fingerprint density at radius 1 is 1.05 bits per heavy atom. The van der Waals surface area contributed by atoms with Gasteiger partial charge in [0.2, 0.25) is 0 Å². The molecule has 10 heteroatoms. The van der Waals surface area contributed by atoms with Crippen molar-refractivity contribution in [1.29, 1.82) is 0 Å². The predicted octanol–water partition coefficient (Wildman–Crippen LogP) is 4.29. The Morgan fingerprint density at radius 2 is 1.76 bits per heavy atom. The first kappa shape index (κ1) is 25.9. The fourth-order valence-corrected chi connectivity index (χ4v) is 4.46. The van der Waals surface area contributed by atoms with Crippen molar-refractivity contribution in [3.05, 3.63) is 87.0 Å².